The Morgan fingerprint density at radius 2 is 2.00 bits per heavy atom. The summed E-state index contributed by atoms with van der Waals surface area (Å²) in [6.07, 6.45) is 7.20. The molecule has 6 nitrogen and oxygen atoms in total. The van der Waals surface area contributed by atoms with Crippen LogP contribution in [0.5, 0.6) is 0 Å². The first-order chi connectivity index (χ1) is 9.31. The van der Waals surface area contributed by atoms with Gasteiger partial charge in [-0.05, 0) is 12.1 Å². The quantitative estimate of drug-likeness (QED) is 0.642. The first kappa shape index (κ1) is 11.0. The molecule has 0 fully saturated rings. The molecule has 0 atom stereocenters. The van der Waals surface area contributed by atoms with Crippen molar-refractivity contribution in [1.82, 2.24) is 19.5 Å². The highest BCUT2D eigenvalue weighted by Crippen LogP contribution is 2.18. The van der Waals surface area contributed by atoms with Gasteiger partial charge in [0.2, 0.25) is 5.82 Å². The van der Waals surface area contributed by atoms with Gasteiger partial charge in [0, 0.05) is 23.3 Å². The third kappa shape index (κ3) is 1.83. The van der Waals surface area contributed by atoms with Crippen LogP contribution in [0.15, 0.2) is 36.9 Å². The molecule has 0 N–H and O–H groups in total. The third-order valence-corrected chi connectivity index (χ3v) is 2.70. The number of nitriles is 1. The van der Waals surface area contributed by atoms with Crippen LogP contribution in [-0.4, -0.2) is 25.8 Å². The van der Waals surface area contributed by atoms with Crippen molar-refractivity contribution in [3.05, 3.63) is 48.3 Å². The lowest BCUT2D eigenvalue weighted by Crippen LogP contribution is -1.98. The van der Waals surface area contributed by atoms with Gasteiger partial charge in [-0.1, -0.05) is 0 Å². The lowest BCUT2D eigenvalue weighted by atomic mass is 10.2. The van der Waals surface area contributed by atoms with Gasteiger partial charge in [0.05, 0.1) is 18.1 Å². The summed E-state index contributed by atoms with van der Waals surface area (Å²) in [7, 11) is 0. The Bertz CT molecular complexity index is 798. The summed E-state index contributed by atoms with van der Waals surface area (Å²) in [5, 5.41) is 9.52. The Morgan fingerprint density at radius 1 is 1.21 bits per heavy atom. The van der Waals surface area contributed by atoms with Gasteiger partial charge in [0.25, 0.3) is 0 Å². The SMILES string of the molecule is N#Cc1ncc(-n2ccc3cc(C=O)cnc32)cn1. The Morgan fingerprint density at radius 3 is 2.68 bits per heavy atom. The molecule has 0 aliphatic heterocycles. The van der Waals surface area contributed by atoms with E-state index in [1.807, 2.05) is 18.3 Å². The number of carbonyl (C=O) groups is 1. The third-order valence-electron chi connectivity index (χ3n) is 2.70. The summed E-state index contributed by atoms with van der Waals surface area (Å²) in [5.74, 6) is 0.122. The second-order valence-electron chi connectivity index (χ2n) is 3.86. The van der Waals surface area contributed by atoms with Gasteiger partial charge in [-0.2, -0.15) is 5.26 Å². The lowest BCUT2D eigenvalue weighted by molar-refractivity contribution is 0.112. The average Bonchev–Trinajstić information content (AvgIpc) is 2.90. The van der Waals surface area contributed by atoms with Crippen molar-refractivity contribution < 1.29 is 4.79 Å². The topological polar surface area (TPSA) is 84.5 Å². The zero-order chi connectivity index (χ0) is 13.2. The van der Waals surface area contributed by atoms with E-state index < -0.39 is 0 Å². The van der Waals surface area contributed by atoms with Crippen molar-refractivity contribution in [2.45, 2.75) is 0 Å². The molecular weight excluding hydrogens is 242 g/mol. The van der Waals surface area contributed by atoms with Crippen molar-refractivity contribution >= 4 is 17.3 Å². The molecule has 0 saturated carbocycles. The fourth-order valence-corrected chi connectivity index (χ4v) is 1.82. The van der Waals surface area contributed by atoms with E-state index in [1.165, 1.54) is 6.20 Å². The number of rotatable bonds is 2. The highest BCUT2D eigenvalue weighted by Gasteiger charge is 2.06. The zero-order valence-corrected chi connectivity index (χ0v) is 9.69. The highest BCUT2D eigenvalue weighted by molar-refractivity contribution is 5.85. The standard InChI is InChI=1S/C13H7N5O/c14-4-12-15-6-11(7-16-12)18-2-1-10-3-9(8-19)5-17-13(10)18/h1-3,5-8H. The van der Waals surface area contributed by atoms with Crippen molar-refractivity contribution in [3.63, 3.8) is 0 Å². The van der Waals surface area contributed by atoms with E-state index in [1.54, 1.807) is 23.0 Å². The predicted octanol–water partition coefficient (Wildman–Crippen LogP) is 1.50. The Balaban J connectivity index is 2.14. The molecule has 0 bridgehead atoms. The molecular formula is C13H7N5O. The minimum Gasteiger partial charge on any atom is -0.298 e. The average molecular weight is 249 g/mol. The van der Waals surface area contributed by atoms with Gasteiger partial charge in [-0.15, -0.1) is 0 Å². The molecule has 6 heteroatoms. The van der Waals surface area contributed by atoms with Crippen LogP contribution in [0, 0.1) is 11.3 Å². The molecule has 3 heterocycles. The van der Waals surface area contributed by atoms with E-state index in [0.717, 1.165) is 11.7 Å². The van der Waals surface area contributed by atoms with Gasteiger partial charge in [-0.3, -0.25) is 9.36 Å². The van der Waals surface area contributed by atoms with Crippen molar-refractivity contribution in [1.29, 1.82) is 5.26 Å². The van der Waals surface area contributed by atoms with Crippen LogP contribution in [0.1, 0.15) is 16.2 Å². The minimum atomic E-state index is 0.122. The van der Waals surface area contributed by atoms with Crippen LogP contribution < -0.4 is 0 Å². The maximum absolute atomic E-state index is 10.7. The molecule has 3 aromatic rings. The summed E-state index contributed by atoms with van der Waals surface area (Å²) in [5.41, 5.74) is 1.94. The molecule has 0 radical (unpaired) electrons. The predicted molar refractivity (Wildman–Crippen MR) is 66.8 cm³/mol. The van der Waals surface area contributed by atoms with Gasteiger partial charge < -0.3 is 0 Å². The first-order valence-electron chi connectivity index (χ1n) is 5.46. The summed E-state index contributed by atoms with van der Waals surface area (Å²) in [6, 6.07) is 5.48. The van der Waals surface area contributed by atoms with E-state index in [4.69, 9.17) is 5.26 Å². The fourth-order valence-electron chi connectivity index (χ4n) is 1.82. The van der Waals surface area contributed by atoms with E-state index in [-0.39, 0.29) is 5.82 Å². The Hall–Kier alpha value is -3.07. The van der Waals surface area contributed by atoms with E-state index in [9.17, 15) is 4.79 Å². The second kappa shape index (κ2) is 4.31. The van der Waals surface area contributed by atoms with Crippen molar-refractivity contribution in [3.8, 4) is 11.8 Å². The molecule has 0 aromatic carbocycles. The monoisotopic (exact) mass is 249 g/mol. The molecule has 90 valence electrons. The number of hydrogen-bond donors (Lipinski definition) is 0. The van der Waals surface area contributed by atoms with Crippen molar-refractivity contribution in [2.75, 3.05) is 0 Å². The van der Waals surface area contributed by atoms with Gasteiger partial charge in [-0.25, -0.2) is 15.0 Å². The molecule has 0 aliphatic rings. The maximum atomic E-state index is 10.7. The van der Waals surface area contributed by atoms with E-state index in [2.05, 4.69) is 15.0 Å². The number of carbonyl (C=O) groups excluding carboxylic acids is 1. The molecule has 0 amide bonds. The van der Waals surface area contributed by atoms with Crippen LogP contribution >= 0.6 is 0 Å². The van der Waals surface area contributed by atoms with E-state index >= 15 is 0 Å². The molecule has 0 saturated heterocycles. The minimum absolute atomic E-state index is 0.122. The van der Waals surface area contributed by atoms with Crippen LogP contribution in [0.2, 0.25) is 0 Å². The number of aldehydes is 1. The number of hydrogen-bond acceptors (Lipinski definition) is 5. The summed E-state index contributed by atoms with van der Waals surface area (Å²) in [6.45, 7) is 0. The lowest BCUT2D eigenvalue weighted by Gasteiger charge is -2.03. The van der Waals surface area contributed by atoms with Gasteiger partial charge in [0.15, 0.2) is 6.29 Å². The normalized spacial score (nSPS) is 10.3. The van der Waals surface area contributed by atoms with Crippen LogP contribution in [0.4, 0.5) is 0 Å². The molecule has 0 aliphatic carbocycles. The van der Waals surface area contributed by atoms with Crippen LogP contribution in [-0.2, 0) is 0 Å². The van der Waals surface area contributed by atoms with Crippen LogP contribution in [0.3, 0.4) is 0 Å². The molecule has 19 heavy (non-hydrogen) atoms. The number of pyridine rings is 1. The Labute approximate surface area is 108 Å². The van der Waals surface area contributed by atoms with E-state index in [0.29, 0.717) is 16.9 Å². The van der Waals surface area contributed by atoms with Gasteiger partial charge >= 0.3 is 0 Å². The number of fused-ring (bicyclic) bond motifs is 1. The number of nitrogens with zero attached hydrogens (tertiary/aromatic N) is 5. The van der Waals surface area contributed by atoms with Crippen molar-refractivity contribution in [2.24, 2.45) is 0 Å². The molecule has 0 spiro atoms. The molecule has 0 unspecified atom stereocenters. The smallest absolute Gasteiger partial charge is 0.232 e. The van der Waals surface area contributed by atoms with Crippen LogP contribution in [0.25, 0.3) is 16.7 Å². The molecule has 3 aromatic heterocycles. The second-order valence-corrected chi connectivity index (χ2v) is 3.86. The zero-order valence-electron chi connectivity index (χ0n) is 9.69. The number of aromatic nitrogens is 4. The maximum Gasteiger partial charge on any atom is 0.232 e. The molecule has 3 rings (SSSR count). The Kier molecular flexibility index (Phi) is 2.50. The highest BCUT2D eigenvalue weighted by atomic mass is 16.1. The fraction of sp³-hybridized carbons (Fsp3) is 0. The summed E-state index contributed by atoms with van der Waals surface area (Å²) >= 11 is 0. The largest absolute Gasteiger partial charge is 0.298 e. The first-order valence-corrected chi connectivity index (χ1v) is 5.46. The summed E-state index contributed by atoms with van der Waals surface area (Å²) < 4.78 is 1.80. The summed E-state index contributed by atoms with van der Waals surface area (Å²) in [4.78, 5) is 22.8. The van der Waals surface area contributed by atoms with Gasteiger partial charge in [0.1, 0.15) is 11.7 Å².